The highest BCUT2D eigenvalue weighted by atomic mass is 16.5. The molecule has 7 nitrogen and oxygen atoms in total. The van der Waals surface area contributed by atoms with E-state index in [1.165, 1.54) is 0 Å². The summed E-state index contributed by atoms with van der Waals surface area (Å²) in [7, 11) is 0. The van der Waals surface area contributed by atoms with Crippen molar-refractivity contribution < 1.29 is 13.9 Å². The molecule has 7 heteroatoms. The van der Waals surface area contributed by atoms with Crippen molar-refractivity contribution in [2.24, 2.45) is 27.1 Å². The smallest absolute Gasteiger partial charge is 0.379 e. The van der Waals surface area contributed by atoms with Gasteiger partial charge in [-0.15, -0.1) is 5.10 Å². The number of para-hydroxylation sites is 1. The Bertz CT molecular complexity index is 891. The summed E-state index contributed by atoms with van der Waals surface area (Å²) in [5, 5.41) is 7.96. The monoisotopic (exact) mass is 354 g/mol. The van der Waals surface area contributed by atoms with Gasteiger partial charge in [0.15, 0.2) is 0 Å². The first-order valence-electron chi connectivity index (χ1n) is 8.32. The molecule has 1 aromatic carbocycles. The van der Waals surface area contributed by atoms with E-state index in [2.05, 4.69) is 24.1 Å². The average Bonchev–Trinajstić information content (AvgIpc) is 2.89. The molecule has 3 rings (SSSR count). The zero-order valence-corrected chi connectivity index (χ0v) is 15.1. The van der Waals surface area contributed by atoms with Crippen molar-refractivity contribution in [3.8, 4) is 5.75 Å². The van der Waals surface area contributed by atoms with E-state index in [0.29, 0.717) is 35.6 Å². The number of furan rings is 1. The second-order valence-corrected chi connectivity index (χ2v) is 7.15. The van der Waals surface area contributed by atoms with Crippen LogP contribution in [0.15, 0.2) is 45.0 Å². The molecule has 136 valence electrons. The predicted molar refractivity (Wildman–Crippen MR) is 99.3 cm³/mol. The summed E-state index contributed by atoms with van der Waals surface area (Å²) in [5.74, 6) is 0.674. The molecular weight excluding hydrogens is 332 g/mol. The summed E-state index contributed by atoms with van der Waals surface area (Å²) in [5.41, 5.74) is 12.9. The number of esters is 1. The summed E-state index contributed by atoms with van der Waals surface area (Å²) in [6.45, 7) is 6.01. The van der Waals surface area contributed by atoms with Gasteiger partial charge < -0.3 is 20.6 Å². The minimum atomic E-state index is -0.540. The number of hydrogen-bond donors (Lipinski definition) is 2. The van der Waals surface area contributed by atoms with E-state index in [4.69, 9.17) is 20.6 Å². The van der Waals surface area contributed by atoms with Crippen LogP contribution in [0.2, 0.25) is 0 Å². The molecular formula is C19H22N4O3. The fourth-order valence-corrected chi connectivity index (χ4v) is 3.15. The Labute approximate surface area is 151 Å². The van der Waals surface area contributed by atoms with Gasteiger partial charge in [-0.05, 0) is 30.9 Å². The van der Waals surface area contributed by atoms with Crippen LogP contribution in [0, 0.1) is 12.3 Å². The third-order valence-electron chi connectivity index (χ3n) is 4.22. The minimum Gasteiger partial charge on any atom is -0.453 e. The maximum atomic E-state index is 12.6. The molecule has 0 atom stereocenters. The van der Waals surface area contributed by atoms with E-state index in [1.807, 2.05) is 13.0 Å². The number of nitrogens with two attached hydrogens (primary N) is 2. The molecule has 0 unspecified atom stereocenters. The highest BCUT2D eigenvalue weighted by Gasteiger charge is 2.36. The number of carbonyl (C=O) groups excluding carboxylic acids is 1. The van der Waals surface area contributed by atoms with Crippen LogP contribution in [0.4, 0.5) is 0 Å². The summed E-state index contributed by atoms with van der Waals surface area (Å²) in [6, 6.07) is 8.87. The van der Waals surface area contributed by atoms with Crippen LogP contribution in [0.25, 0.3) is 0 Å². The third-order valence-corrected chi connectivity index (χ3v) is 4.22. The Hall–Kier alpha value is -3.09. The molecule has 1 aliphatic rings. The summed E-state index contributed by atoms with van der Waals surface area (Å²) in [6.07, 6.45) is 1.35. The Morgan fingerprint density at radius 2 is 1.88 bits per heavy atom. The summed E-state index contributed by atoms with van der Waals surface area (Å²) < 4.78 is 11.3. The summed E-state index contributed by atoms with van der Waals surface area (Å²) in [4.78, 5) is 12.6. The number of ether oxygens (including phenoxy) is 1. The standard InChI is InChI=1S/C19H22N4O3/c1-11-15-13(22-23-18(20)21)9-19(2,3)10-14(15)26-16(11)17(24)25-12-7-5-4-6-8-12/h4-8H,9-10H2,1-3H3,(H4,20,21,23)/b22-13-. The normalized spacial score (nSPS) is 16.8. The topological polar surface area (TPSA) is 116 Å². The number of benzene rings is 1. The predicted octanol–water partition coefficient (Wildman–Crippen LogP) is 2.76. The SMILES string of the molecule is Cc1c(C(=O)Oc2ccccc2)oc2c1/C(=N\N=C(N)N)CC(C)(C)C2. The maximum absolute atomic E-state index is 12.6. The van der Waals surface area contributed by atoms with Gasteiger partial charge in [0.1, 0.15) is 11.5 Å². The number of carbonyl (C=O) groups is 1. The van der Waals surface area contributed by atoms with Gasteiger partial charge in [0.05, 0.1) is 5.71 Å². The van der Waals surface area contributed by atoms with Crippen LogP contribution < -0.4 is 16.2 Å². The second-order valence-electron chi connectivity index (χ2n) is 7.15. The van der Waals surface area contributed by atoms with E-state index < -0.39 is 5.97 Å². The van der Waals surface area contributed by atoms with Gasteiger partial charge in [0.25, 0.3) is 0 Å². The molecule has 26 heavy (non-hydrogen) atoms. The first-order chi connectivity index (χ1) is 12.3. The van der Waals surface area contributed by atoms with Gasteiger partial charge in [0, 0.05) is 17.5 Å². The van der Waals surface area contributed by atoms with Crippen molar-refractivity contribution in [2.45, 2.75) is 33.6 Å². The van der Waals surface area contributed by atoms with Crippen LogP contribution in [0.3, 0.4) is 0 Å². The van der Waals surface area contributed by atoms with E-state index in [0.717, 1.165) is 5.56 Å². The molecule has 1 aromatic heterocycles. The molecule has 4 N–H and O–H groups in total. The molecule has 1 heterocycles. The molecule has 0 amide bonds. The third kappa shape index (κ3) is 3.61. The molecule has 2 aromatic rings. The second kappa shape index (κ2) is 6.67. The molecule has 0 radical (unpaired) electrons. The van der Waals surface area contributed by atoms with Gasteiger partial charge in [-0.3, -0.25) is 0 Å². The lowest BCUT2D eigenvalue weighted by Gasteiger charge is -2.29. The number of rotatable bonds is 3. The maximum Gasteiger partial charge on any atom is 0.379 e. The lowest BCUT2D eigenvalue weighted by atomic mass is 9.75. The molecule has 0 spiro atoms. The van der Waals surface area contributed by atoms with Gasteiger partial charge in [-0.2, -0.15) is 5.10 Å². The van der Waals surface area contributed by atoms with Crippen molar-refractivity contribution in [2.75, 3.05) is 0 Å². The van der Waals surface area contributed by atoms with E-state index in [1.54, 1.807) is 24.3 Å². The van der Waals surface area contributed by atoms with Crippen molar-refractivity contribution in [1.82, 2.24) is 0 Å². The minimum absolute atomic E-state index is 0.0877. The molecule has 0 saturated carbocycles. The van der Waals surface area contributed by atoms with Crippen LogP contribution in [0.1, 0.15) is 47.7 Å². The van der Waals surface area contributed by atoms with Crippen LogP contribution in [0.5, 0.6) is 5.75 Å². The van der Waals surface area contributed by atoms with Gasteiger partial charge in [-0.25, -0.2) is 4.79 Å². The number of hydrogen-bond acceptors (Lipinski definition) is 5. The highest BCUT2D eigenvalue weighted by Crippen LogP contribution is 2.39. The molecule has 0 fully saturated rings. The van der Waals surface area contributed by atoms with Gasteiger partial charge >= 0.3 is 5.97 Å². The molecule has 0 bridgehead atoms. The fraction of sp³-hybridized carbons (Fsp3) is 0.316. The van der Waals surface area contributed by atoms with Crippen LogP contribution >= 0.6 is 0 Å². The Kier molecular flexibility index (Phi) is 4.54. The van der Waals surface area contributed by atoms with E-state index in [9.17, 15) is 4.79 Å². The van der Waals surface area contributed by atoms with E-state index in [-0.39, 0.29) is 17.1 Å². The molecule has 0 aliphatic heterocycles. The van der Waals surface area contributed by atoms with Crippen LogP contribution in [-0.2, 0) is 6.42 Å². The van der Waals surface area contributed by atoms with Crippen molar-refractivity contribution in [3.63, 3.8) is 0 Å². The lowest BCUT2D eigenvalue weighted by Crippen LogP contribution is -2.27. The zero-order chi connectivity index (χ0) is 18.9. The fourth-order valence-electron chi connectivity index (χ4n) is 3.15. The Morgan fingerprint density at radius 1 is 1.19 bits per heavy atom. The molecule has 0 saturated heterocycles. The van der Waals surface area contributed by atoms with Gasteiger partial charge in [0.2, 0.25) is 11.7 Å². The van der Waals surface area contributed by atoms with E-state index >= 15 is 0 Å². The Balaban J connectivity index is 2.00. The van der Waals surface area contributed by atoms with Crippen molar-refractivity contribution in [3.05, 3.63) is 53.0 Å². The van der Waals surface area contributed by atoms with Gasteiger partial charge in [-0.1, -0.05) is 32.0 Å². The lowest BCUT2D eigenvalue weighted by molar-refractivity contribution is 0.0697. The number of fused-ring (bicyclic) bond motifs is 1. The average molecular weight is 354 g/mol. The first kappa shape index (κ1) is 17.7. The molecule has 1 aliphatic carbocycles. The first-order valence-corrected chi connectivity index (χ1v) is 8.32. The highest BCUT2D eigenvalue weighted by molar-refractivity contribution is 6.06. The van der Waals surface area contributed by atoms with Crippen molar-refractivity contribution in [1.29, 1.82) is 0 Å². The van der Waals surface area contributed by atoms with Crippen LogP contribution in [-0.4, -0.2) is 17.6 Å². The zero-order valence-electron chi connectivity index (χ0n) is 15.1. The van der Waals surface area contributed by atoms with Crippen molar-refractivity contribution >= 4 is 17.6 Å². The Morgan fingerprint density at radius 3 is 2.54 bits per heavy atom. The number of nitrogens with zero attached hydrogens (tertiary/aromatic N) is 2. The summed E-state index contributed by atoms with van der Waals surface area (Å²) >= 11 is 0. The largest absolute Gasteiger partial charge is 0.453 e. The number of guanidine groups is 1. The quantitative estimate of drug-likeness (QED) is 0.289.